The lowest BCUT2D eigenvalue weighted by Gasteiger charge is -2.24. The van der Waals surface area contributed by atoms with Gasteiger partial charge in [-0.05, 0) is 19.4 Å². The van der Waals surface area contributed by atoms with Gasteiger partial charge in [0.2, 0.25) is 0 Å². The molecule has 0 aromatic carbocycles. The number of nitrogens with zero attached hydrogens (tertiary/aromatic N) is 1. The fraction of sp³-hybridized carbons (Fsp3) is 0.929. The Balaban J connectivity index is 3.70. The highest BCUT2D eigenvalue weighted by atomic mass is 16.6. The van der Waals surface area contributed by atoms with Gasteiger partial charge in [-0.25, -0.2) is 4.79 Å². The van der Waals surface area contributed by atoms with Gasteiger partial charge in [-0.2, -0.15) is 0 Å². The van der Waals surface area contributed by atoms with Crippen molar-refractivity contribution in [2.75, 3.05) is 39.5 Å². The molecule has 0 unspecified atom stereocenters. The molecule has 0 heterocycles. The normalized spacial score (nSPS) is 11.2. The van der Waals surface area contributed by atoms with Gasteiger partial charge in [0.1, 0.15) is 6.61 Å². The number of esters is 1. The van der Waals surface area contributed by atoms with E-state index in [-0.39, 0.29) is 12.6 Å². The minimum Gasteiger partial charge on any atom is -0.464 e. The molecular formula is C14H29NO3. The zero-order valence-corrected chi connectivity index (χ0v) is 12.4. The van der Waals surface area contributed by atoms with Crippen LogP contribution in [0.5, 0.6) is 0 Å². The van der Waals surface area contributed by atoms with Crippen molar-refractivity contribution in [2.24, 2.45) is 5.92 Å². The summed E-state index contributed by atoms with van der Waals surface area (Å²) in [6, 6.07) is 0. The third-order valence-corrected chi connectivity index (χ3v) is 3.20. The van der Waals surface area contributed by atoms with Gasteiger partial charge < -0.3 is 14.4 Å². The molecule has 0 bridgehead atoms. The quantitative estimate of drug-likeness (QED) is 0.422. The summed E-state index contributed by atoms with van der Waals surface area (Å²) in [7, 11) is 0. The maximum atomic E-state index is 11.1. The fourth-order valence-electron chi connectivity index (χ4n) is 1.84. The molecule has 0 aliphatic carbocycles. The first-order valence-corrected chi connectivity index (χ1v) is 7.13. The number of carbonyl (C=O) groups is 1. The second kappa shape index (κ2) is 11.5. The van der Waals surface area contributed by atoms with Gasteiger partial charge >= 0.3 is 5.97 Å². The van der Waals surface area contributed by atoms with E-state index >= 15 is 0 Å². The Morgan fingerprint density at radius 3 is 2.33 bits per heavy atom. The molecule has 0 N–H and O–H groups in total. The molecule has 0 saturated carbocycles. The highest BCUT2D eigenvalue weighted by Crippen LogP contribution is 2.09. The van der Waals surface area contributed by atoms with Crippen LogP contribution in [0.25, 0.3) is 0 Å². The summed E-state index contributed by atoms with van der Waals surface area (Å²) in [6.45, 7) is 12.5. The van der Waals surface area contributed by atoms with Crippen LogP contribution in [0.15, 0.2) is 0 Å². The van der Waals surface area contributed by atoms with Crippen molar-refractivity contribution in [1.82, 2.24) is 4.90 Å². The Morgan fingerprint density at radius 2 is 1.83 bits per heavy atom. The molecule has 0 spiro atoms. The van der Waals surface area contributed by atoms with Crippen molar-refractivity contribution in [3.8, 4) is 0 Å². The Kier molecular flexibility index (Phi) is 11.1. The molecule has 4 heteroatoms. The molecule has 0 atom stereocenters. The van der Waals surface area contributed by atoms with Crippen molar-refractivity contribution in [3.63, 3.8) is 0 Å². The minimum absolute atomic E-state index is 0.0659. The molecule has 0 amide bonds. The fourth-order valence-corrected chi connectivity index (χ4v) is 1.84. The van der Waals surface area contributed by atoms with Crippen molar-refractivity contribution in [3.05, 3.63) is 0 Å². The predicted octanol–water partition coefficient (Wildman–Crippen LogP) is 2.32. The second-order valence-electron chi connectivity index (χ2n) is 4.43. The Bertz CT molecular complexity index is 205. The van der Waals surface area contributed by atoms with Gasteiger partial charge in [0.05, 0.1) is 13.2 Å². The molecule has 0 saturated heterocycles. The minimum atomic E-state index is -0.277. The van der Waals surface area contributed by atoms with E-state index in [1.165, 1.54) is 12.8 Å². The lowest BCUT2D eigenvalue weighted by Crippen LogP contribution is -2.32. The first-order chi connectivity index (χ1) is 8.67. The molecule has 0 rings (SSSR count). The Labute approximate surface area is 112 Å². The average molecular weight is 259 g/mol. The van der Waals surface area contributed by atoms with E-state index in [2.05, 4.69) is 25.7 Å². The first kappa shape index (κ1) is 17.4. The molecular weight excluding hydrogens is 230 g/mol. The van der Waals surface area contributed by atoms with Crippen molar-refractivity contribution >= 4 is 5.97 Å². The standard InChI is InChI=1S/C14H29NO3/c1-5-13(6-2)11-15(7-3)9-10-17-12-14(16)18-8-4/h13H,5-12H2,1-4H3. The highest BCUT2D eigenvalue weighted by molar-refractivity contribution is 5.70. The van der Waals surface area contributed by atoms with E-state index in [9.17, 15) is 4.79 Å². The van der Waals surface area contributed by atoms with Crippen molar-refractivity contribution in [1.29, 1.82) is 0 Å². The summed E-state index contributed by atoms with van der Waals surface area (Å²) in [4.78, 5) is 13.4. The SMILES string of the molecule is CCOC(=O)COCCN(CC)CC(CC)CC. The number of carbonyl (C=O) groups excluding carboxylic acids is 1. The monoisotopic (exact) mass is 259 g/mol. The lowest BCUT2D eigenvalue weighted by molar-refractivity contribution is -0.148. The van der Waals surface area contributed by atoms with E-state index in [0.29, 0.717) is 13.2 Å². The zero-order valence-electron chi connectivity index (χ0n) is 12.4. The Morgan fingerprint density at radius 1 is 1.17 bits per heavy atom. The number of hydrogen-bond donors (Lipinski definition) is 0. The van der Waals surface area contributed by atoms with E-state index < -0.39 is 0 Å². The molecule has 4 nitrogen and oxygen atoms in total. The average Bonchev–Trinajstić information content (AvgIpc) is 2.38. The molecule has 0 radical (unpaired) electrons. The van der Waals surface area contributed by atoms with E-state index in [1.54, 1.807) is 6.92 Å². The van der Waals surface area contributed by atoms with E-state index in [4.69, 9.17) is 9.47 Å². The zero-order chi connectivity index (χ0) is 13.8. The van der Waals surface area contributed by atoms with Crippen LogP contribution >= 0.6 is 0 Å². The van der Waals surface area contributed by atoms with Gasteiger partial charge in [-0.1, -0.05) is 33.6 Å². The largest absolute Gasteiger partial charge is 0.464 e. The van der Waals surface area contributed by atoms with Crippen LogP contribution in [0.1, 0.15) is 40.5 Å². The maximum absolute atomic E-state index is 11.1. The molecule has 0 aromatic heterocycles. The van der Waals surface area contributed by atoms with Gasteiger partial charge in [0.25, 0.3) is 0 Å². The number of ether oxygens (including phenoxy) is 2. The predicted molar refractivity (Wildman–Crippen MR) is 73.6 cm³/mol. The van der Waals surface area contributed by atoms with Gasteiger partial charge in [-0.15, -0.1) is 0 Å². The smallest absolute Gasteiger partial charge is 0.332 e. The van der Waals surface area contributed by atoms with Gasteiger partial charge in [0.15, 0.2) is 0 Å². The van der Waals surface area contributed by atoms with Crippen molar-refractivity contribution in [2.45, 2.75) is 40.5 Å². The summed E-state index contributed by atoms with van der Waals surface area (Å²) in [5.74, 6) is 0.482. The van der Waals surface area contributed by atoms with Crippen molar-refractivity contribution < 1.29 is 14.3 Å². The molecule has 18 heavy (non-hydrogen) atoms. The summed E-state index contributed by atoms with van der Waals surface area (Å²) < 4.78 is 10.1. The number of rotatable bonds is 11. The third kappa shape index (κ3) is 8.48. The molecule has 0 aliphatic heterocycles. The van der Waals surface area contributed by atoms with Crippen LogP contribution in [0.4, 0.5) is 0 Å². The topological polar surface area (TPSA) is 38.8 Å². The van der Waals surface area contributed by atoms with Gasteiger partial charge in [-0.3, -0.25) is 0 Å². The summed E-state index contributed by atoms with van der Waals surface area (Å²) in [5, 5.41) is 0. The van der Waals surface area contributed by atoms with E-state index in [0.717, 1.165) is 25.6 Å². The summed E-state index contributed by atoms with van der Waals surface area (Å²) in [6.07, 6.45) is 2.44. The van der Waals surface area contributed by atoms with E-state index in [1.807, 2.05) is 0 Å². The van der Waals surface area contributed by atoms with Crippen LogP contribution in [0, 0.1) is 5.92 Å². The molecule has 0 aromatic rings. The third-order valence-electron chi connectivity index (χ3n) is 3.20. The van der Waals surface area contributed by atoms with Gasteiger partial charge in [0, 0.05) is 13.1 Å². The van der Waals surface area contributed by atoms with Crippen LogP contribution in [-0.2, 0) is 14.3 Å². The second-order valence-corrected chi connectivity index (χ2v) is 4.43. The molecule has 108 valence electrons. The van der Waals surface area contributed by atoms with Crippen LogP contribution in [0.3, 0.4) is 0 Å². The molecule has 0 aliphatic rings. The number of hydrogen-bond acceptors (Lipinski definition) is 4. The number of likely N-dealkylation sites (N-methyl/N-ethyl adjacent to an activating group) is 1. The first-order valence-electron chi connectivity index (χ1n) is 7.13. The van der Waals surface area contributed by atoms with Crippen LogP contribution < -0.4 is 0 Å². The highest BCUT2D eigenvalue weighted by Gasteiger charge is 2.10. The lowest BCUT2D eigenvalue weighted by atomic mass is 10.0. The summed E-state index contributed by atoms with van der Waals surface area (Å²) in [5.41, 5.74) is 0. The molecule has 0 fully saturated rings. The van der Waals surface area contributed by atoms with Crippen LogP contribution in [-0.4, -0.2) is 50.3 Å². The van der Waals surface area contributed by atoms with Crippen LogP contribution in [0.2, 0.25) is 0 Å². The summed E-state index contributed by atoms with van der Waals surface area (Å²) >= 11 is 0. The maximum Gasteiger partial charge on any atom is 0.332 e. The Hall–Kier alpha value is -0.610.